The van der Waals surface area contributed by atoms with Gasteiger partial charge in [-0.25, -0.2) is 0 Å². The number of phenolic OH excluding ortho intramolecular Hbond substituents is 1. The molecule has 0 bridgehead atoms. The van der Waals surface area contributed by atoms with Crippen molar-refractivity contribution in [2.75, 3.05) is 7.11 Å². The quantitative estimate of drug-likeness (QED) is 0.805. The van der Waals surface area contributed by atoms with Crippen molar-refractivity contribution in [1.82, 2.24) is 5.32 Å². The van der Waals surface area contributed by atoms with Crippen molar-refractivity contribution in [3.63, 3.8) is 0 Å². The summed E-state index contributed by atoms with van der Waals surface area (Å²) in [5.41, 5.74) is 1.13. The van der Waals surface area contributed by atoms with Crippen LogP contribution in [0.2, 0.25) is 0 Å². The normalized spacial score (nSPS) is 23.4. The molecule has 20 heavy (non-hydrogen) atoms. The van der Waals surface area contributed by atoms with Crippen molar-refractivity contribution in [3.05, 3.63) is 22.2 Å². The lowest BCUT2D eigenvalue weighted by molar-refractivity contribution is 0.353. The third-order valence-electron chi connectivity index (χ3n) is 4.24. The molecule has 0 aliphatic heterocycles. The average molecular weight is 342 g/mol. The lowest BCUT2D eigenvalue weighted by atomic mass is 9.97. The fraction of sp³-hybridized carbons (Fsp3) is 0.625. The van der Waals surface area contributed by atoms with Crippen molar-refractivity contribution >= 4 is 15.9 Å². The molecule has 0 aromatic heterocycles. The van der Waals surface area contributed by atoms with Gasteiger partial charge in [-0.05, 0) is 52.4 Å². The van der Waals surface area contributed by atoms with Gasteiger partial charge in [0, 0.05) is 12.6 Å². The first-order chi connectivity index (χ1) is 9.61. The number of benzene rings is 1. The Kier molecular flexibility index (Phi) is 5.73. The van der Waals surface area contributed by atoms with E-state index in [-0.39, 0.29) is 5.75 Å². The topological polar surface area (TPSA) is 41.5 Å². The lowest BCUT2D eigenvalue weighted by Crippen LogP contribution is -2.33. The fourth-order valence-corrected chi connectivity index (χ4v) is 3.42. The Morgan fingerprint density at radius 2 is 2.05 bits per heavy atom. The van der Waals surface area contributed by atoms with Gasteiger partial charge in [0.05, 0.1) is 11.6 Å². The number of halogens is 1. The van der Waals surface area contributed by atoms with E-state index in [1.54, 1.807) is 7.11 Å². The lowest BCUT2D eigenvalue weighted by Gasteiger charge is -2.23. The Bertz CT molecular complexity index is 450. The zero-order valence-electron chi connectivity index (χ0n) is 12.3. The number of phenols is 1. The van der Waals surface area contributed by atoms with E-state index in [0.29, 0.717) is 16.3 Å². The molecule has 1 saturated carbocycles. The fourth-order valence-electron chi connectivity index (χ4n) is 2.93. The van der Waals surface area contributed by atoms with E-state index in [4.69, 9.17) is 4.74 Å². The summed E-state index contributed by atoms with van der Waals surface area (Å²) in [4.78, 5) is 0. The SMILES string of the molecule is COc1cc(CNC2CCCCCC2C)cc(Br)c1O. The number of methoxy groups -OCH3 is 1. The van der Waals surface area contributed by atoms with Gasteiger partial charge in [-0.15, -0.1) is 0 Å². The summed E-state index contributed by atoms with van der Waals surface area (Å²) in [5.74, 6) is 1.42. The molecule has 0 radical (unpaired) electrons. The molecule has 0 amide bonds. The van der Waals surface area contributed by atoms with E-state index >= 15 is 0 Å². The van der Waals surface area contributed by atoms with Gasteiger partial charge in [-0.2, -0.15) is 0 Å². The third kappa shape index (κ3) is 3.89. The van der Waals surface area contributed by atoms with Crippen LogP contribution >= 0.6 is 15.9 Å². The van der Waals surface area contributed by atoms with Gasteiger partial charge in [-0.3, -0.25) is 0 Å². The standard InChI is InChI=1S/C16H24BrNO2/c1-11-6-4-3-5-7-14(11)18-10-12-8-13(17)16(19)15(9-12)20-2/h8-9,11,14,18-19H,3-7,10H2,1-2H3. The molecular formula is C16H24BrNO2. The first-order valence-electron chi connectivity index (χ1n) is 7.40. The molecule has 0 spiro atoms. The third-order valence-corrected chi connectivity index (χ3v) is 4.84. The first kappa shape index (κ1) is 15.6. The molecule has 1 aliphatic carbocycles. The highest BCUT2D eigenvalue weighted by atomic mass is 79.9. The second-order valence-corrected chi connectivity index (χ2v) is 6.59. The average Bonchev–Trinajstić information content (AvgIpc) is 2.64. The van der Waals surface area contributed by atoms with Crippen LogP contribution in [0, 0.1) is 5.92 Å². The Balaban J connectivity index is 2.01. The van der Waals surface area contributed by atoms with Gasteiger partial charge in [0.25, 0.3) is 0 Å². The highest BCUT2D eigenvalue weighted by Crippen LogP contribution is 2.35. The molecule has 2 rings (SSSR count). The van der Waals surface area contributed by atoms with Crippen LogP contribution in [0.1, 0.15) is 44.6 Å². The smallest absolute Gasteiger partial charge is 0.172 e. The van der Waals surface area contributed by atoms with Gasteiger partial charge < -0.3 is 15.2 Å². The van der Waals surface area contributed by atoms with Gasteiger partial charge in [0.15, 0.2) is 11.5 Å². The van der Waals surface area contributed by atoms with Crippen LogP contribution in [0.3, 0.4) is 0 Å². The second-order valence-electron chi connectivity index (χ2n) is 5.73. The molecule has 3 nitrogen and oxygen atoms in total. The molecule has 112 valence electrons. The molecule has 1 fully saturated rings. The summed E-state index contributed by atoms with van der Waals surface area (Å²) in [6.07, 6.45) is 6.63. The van der Waals surface area contributed by atoms with Crippen LogP contribution in [0.25, 0.3) is 0 Å². The molecule has 2 N–H and O–H groups in total. The highest BCUT2D eigenvalue weighted by Gasteiger charge is 2.19. The molecule has 1 aromatic carbocycles. The first-order valence-corrected chi connectivity index (χ1v) is 8.20. The maximum Gasteiger partial charge on any atom is 0.172 e. The van der Waals surface area contributed by atoms with Crippen molar-refractivity contribution < 1.29 is 9.84 Å². The molecular weight excluding hydrogens is 318 g/mol. The van der Waals surface area contributed by atoms with Crippen LogP contribution in [0.5, 0.6) is 11.5 Å². The predicted octanol–water partition coefficient (Wildman–Crippen LogP) is 4.22. The van der Waals surface area contributed by atoms with E-state index in [9.17, 15) is 5.11 Å². The number of hydrogen-bond donors (Lipinski definition) is 2. The molecule has 4 heteroatoms. The molecule has 2 unspecified atom stereocenters. The van der Waals surface area contributed by atoms with Crippen LogP contribution in [-0.4, -0.2) is 18.3 Å². The Morgan fingerprint density at radius 3 is 2.80 bits per heavy atom. The highest BCUT2D eigenvalue weighted by molar-refractivity contribution is 9.10. The Hall–Kier alpha value is -0.740. The molecule has 0 heterocycles. The van der Waals surface area contributed by atoms with E-state index < -0.39 is 0 Å². The largest absolute Gasteiger partial charge is 0.503 e. The number of ether oxygens (including phenoxy) is 1. The van der Waals surface area contributed by atoms with Gasteiger partial charge in [-0.1, -0.05) is 26.2 Å². The second kappa shape index (κ2) is 7.32. The van der Waals surface area contributed by atoms with Crippen molar-refractivity contribution in [3.8, 4) is 11.5 Å². The molecule has 1 aromatic rings. The zero-order chi connectivity index (χ0) is 14.5. The van der Waals surface area contributed by atoms with Gasteiger partial charge >= 0.3 is 0 Å². The zero-order valence-corrected chi connectivity index (χ0v) is 13.9. The van der Waals surface area contributed by atoms with E-state index in [2.05, 4.69) is 28.2 Å². The van der Waals surface area contributed by atoms with Crippen LogP contribution in [0.15, 0.2) is 16.6 Å². The van der Waals surface area contributed by atoms with Crippen LogP contribution in [-0.2, 0) is 6.54 Å². The molecule has 1 aliphatic rings. The Labute approximate surface area is 129 Å². The number of rotatable bonds is 4. The van der Waals surface area contributed by atoms with E-state index in [0.717, 1.165) is 18.0 Å². The maximum atomic E-state index is 9.83. The monoisotopic (exact) mass is 341 g/mol. The predicted molar refractivity (Wildman–Crippen MR) is 85.2 cm³/mol. The van der Waals surface area contributed by atoms with Gasteiger partial charge in [0.2, 0.25) is 0 Å². The number of nitrogens with one attached hydrogen (secondary N) is 1. The Morgan fingerprint density at radius 1 is 1.30 bits per heavy atom. The summed E-state index contributed by atoms with van der Waals surface area (Å²) in [6, 6.07) is 4.44. The summed E-state index contributed by atoms with van der Waals surface area (Å²) in [5, 5.41) is 13.5. The summed E-state index contributed by atoms with van der Waals surface area (Å²) in [6.45, 7) is 3.15. The van der Waals surface area contributed by atoms with Gasteiger partial charge in [0.1, 0.15) is 0 Å². The summed E-state index contributed by atoms with van der Waals surface area (Å²) < 4.78 is 5.87. The number of aromatic hydroxyl groups is 1. The maximum absolute atomic E-state index is 9.83. The summed E-state index contributed by atoms with van der Waals surface area (Å²) in [7, 11) is 1.58. The minimum atomic E-state index is 0.166. The molecule has 2 atom stereocenters. The minimum absolute atomic E-state index is 0.166. The van der Waals surface area contributed by atoms with Crippen LogP contribution < -0.4 is 10.1 Å². The number of hydrogen-bond acceptors (Lipinski definition) is 3. The van der Waals surface area contributed by atoms with E-state index in [1.807, 2.05) is 12.1 Å². The van der Waals surface area contributed by atoms with Crippen molar-refractivity contribution in [2.24, 2.45) is 5.92 Å². The van der Waals surface area contributed by atoms with Crippen LogP contribution in [0.4, 0.5) is 0 Å². The van der Waals surface area contributed by atoms with E-state index in [1.165, 1.54) is 32.1 Å². The van der Waals surface area contributed by atoms with Crippen molar-refractivity contribution in [1.29, 1.82) is 0 Å². The summed E-state index contributed by atoms with van der Waals surface area (Å²) >= 11 is 3.37. The molecule has 0 saturated heterocycles. The minimum Gasteiger partial charge on any atom is -0.503 e. The van der Waals surface area contributed by atoms with Crippen molar-refractivity contribution in [2.45, 2.75) is 51.6 Å².